The summed E-state index contributed by atoms with van der Waals surface area (Å²) in [4.78, 5) is 20.5. The summed E-state index contributed by atoms with van der Waals surface area (Å²) in [5, 5.41) is 6.15. The molecule has 0 aromatic carbocycles. The quantitative estimate of drug-likeness (QED) is 0.608. The standard InChI is InChI=1S/C20H25FN6O/c21-14-9-13(18(23)28)19(25-12-7-8-16(24-10-12)11-5-6-11)27-20(14)26-17-4-2-1-3-15(17)22/h7-11,15,17H,1-6,22H2,(H2,23,28)(H2,25,26,27)/t15?,17-/m1/s1. The minimum Gasteiger partial charge on any atom is -0.365 e. The number of primary amides is 1. The summed E-state index contributed by atoms with van der Waals surface area (Å²) in [6.45, 7) is 0. The molecule has 2 atom stereocenters. The van der Waals surface area contributed by atoms with Gasteiger partial charge < -0.3 is 22.1 Å². The van der Waals surface area contributed by atoms with Gasteiger partial charge >= 0.3 is 0 Å². The molecule has 2 aliphatic rings. The Bertz CT molecular complexity index is 868. The van der Waals surface area contributed by atoms with Gasteiger partial charge in [0.05, 0.1) is 17.4 Å². The van der Waals surface area contributed by atoms with Crippen LogP contribution in [0.4, 0.5) is 21.7 Å². The van der Waals surface area contributed by atoms with Crippen LogP contribution >= 0.6 is 0 Å². The highest BCUT2D eigenvalue weighted by Crippen LogP contribution is 2.39. The third-order valence-electron chi connectivity index (χ3n) is 5.43. The normalized spacial score (nSPS) is 21.9. The lowest BCUT2D eigenvalue weighted by Gasteiger charge is -2.30. The molecular weight excluding hydrogens is 359 g/mol. The second kappa shape index (κ2) is 7.71. The van der Waals surface area contributed by atoms with Crippen LogP contribution in [0.1, 0.15) is 60.5 Å². The number of amides is 1. The van der Waals surface area contributed by atoms with Gasteiger partial charge in [-0.15, -0.1) is 0 Å². The Balaban J connectivity index is 1.59. The number of carbonyl (C=O) groups is 1. The first-order valence-corrected chi connectivity index (χ1v) is 9.76. The van der Waals surface area contributed by atoms with Crippen molar-refractivity contribution in [2.24, 2.45) is 11.5 Å². The van der Waals surface area contributed by atoms with E-state index in [4.69, 9.17) is 11.5 Å². The molecule has 2 saturated carbocycles. The number of anilines is 3. The van der Waals surface area contributed by atoms with E-state index in [1.165, 1.54) is 12.8 Å². The van der Waals surface area contributed by atoms with Gasteiger partial charge in [-0.2, -0.15) is 0 Å². The summed E-state index contributed by atoms with van der Waals surface area (Å²) >= 11 is 0. The third kappa shape index (κ3) is 4.06. The van der Waals surface area contributed by atoms with Gasteiger partial charge in [-0.1, -0.05) is 12.8 Å². The maximum atomic E-state index is 14.5. The highest BCUT2D eigenvalue weighted by atomic mass is 19.1. The molecular formula is C20H25FN6O. The molecule has 0 spiro atoms. The zero-order valence-corrected chi connectivity index (χ0v) is 15.6. The number of pyridine rings is 2. The topological polar surface area (TPSA) is 119 Å². The molecule has 148 valence electrons. The molecule has 8 heteroatoms. The minimum atomic E-state index is -0.752. The Morgan fingerprint density at radius 1 is 1.14 bits per heavy atom. The van der Waals surface area contributed by atoms with Crippen molar-refractivity contribution in [1.82, 2.24) is 9.97 Å². The Morgan fingerprint density at radius 3 is 2.57 bits per heavy atom. The maximum absolute atomic E-state index is 14.5. The van der Waals surface area contributed by atoms with E-state index in [0.29, 0.717) is 11.6 Å². The van der Waals surface area contributed by atoms with Crippen LogP contribution in [0.25, 0.3) is 0 Å². The Labute approximate surface area is 163 Å². The van der Waals surface area contributed by atoms with Gasteiger partial charge in [0.15, 0.2) is 11.6 Å². The first-order chi connectivity index (χ1) is 13.5. The van der Waals surface area contributed by atoms with Crippen molar-refractivity contribution in [2.45, 2.75) is 56.5 Å². The molecule has 0 radical (unpaired) electrons. The molecule has 1 unspecified atom stereocenters. The van der Waals surface area contributed by atoms with Crippen LogP contribution in [0.5, 0.6) is 0 Å². The zero-order valence-electron chi connectivity index (χ0n) is 15.6. The van der Waals surface area contributed by atoms with Crippen LogP contribution in [0.2, 0.25) is 0 Å². The smallest absolute Gasteiger partial charge is 0.252 e. The summed E-state index contributed by atoms with van der Waals surface area (Å²) < 4.78 is 14.5. The van der Waals surface area contributed by atoms with Crippen LogP contribution in [0.3, 0.4) is 0 Å². The summed E-state index contributed by atoms with van der Waals surface area (Å²) in [6.07, 6.45) is 7.89. The lowest BCUT2D eigenvalue weighted by Crippen LogP contribution is -2.43. The summed E-state index contributed by atoms with van der Waals surface area (Å²) in [6, 6.07) is 4.83. The van der Waals surface area contributed by atoms with E-state index >= 15 is 0 Å². The van der Waals surface area contributed by atoms with Crippen molar-refractivity contribution in [3.8, 4) is 0 Å². The molecule has 0 aliphatic heterocycles. The SMILES string of the molecule is NC(=O)c1cc(F)c(N[C@@H]2CCCCC2N)nc1Nc1ccc(C2CC2)nc1. The Kier molecular flexibility index (Phi) is 5.13. The molecule has 2 aromatic heterocycles. The first kappa shape index (κ1) is 18.6. The van der Waals surface area contributed by atoms with E-state index in [9.17, 15) is 9.18 Å². The first-order valence-electron chi connectivity index (χ1n) is 9.76. The number of halogens is 1. The van der Waals surface area contributed by atoms with E-state index in [2.05, 4.69) is 20.6 Å². The number of aromatic nitrogens is 2. The van der Waals surface area contributed by atoms with Crippen molar-refractivity contribution in [3.05, 3.63) is 41.5 Å². The Morgan fingerprint density at radius 2 is 1.93 bits per heavy atom. The van der Waals surface area contributed by atoms with Crippen LogP contribution in [0, 0.1) is 5.82 Å². The predicted octanol–water partition coefficient (Wildman–Crippen LogP) is 3.02. The number of nitrogens with two attached hydrogens (primary N) is 2. The number of carbonyl (C=O) groups excluding carboxylic acids is 1. The van der Waals surface area contributed by atoms with Crippen LogP contribution in [-0.2, 0) is 0 Å². The van der Waals surface area contributed by atoms with Crippen molar-refractivity contribution < 1.29 is 9.18 Å². The fraction of sp³-hybridized carbons (Fsp3) is 0.450. The lowest BCUT2D eigenvalue weighted by molar-refractivity contribution is 0.100. The van der Waals surface area contributed by atoms with Gasteiger partial charge in [0.25, 0.3) is 5.91 Å². The number of hydrogen-bond acceptors (Lipinski definition) is 6. The molecule has 2 heterocycles. The molecule has 2 fully saturated rings. The van der Waals surface area contributed by atoms with Crippen molar-refractivity contribution >= 4 is 23.2 Å². The van der Waals surface area contributed by atoms with Crippen molar-refractivity contribution in [2.75, 3.05) is 10.6 Å². The van der Waals surface area contributed by atoms with Crippen molar-refractivity contribution in [1.29, 1.82) is 0 Å². The van der Waals surface area contributed by atoms with Gasteiger partial charge in [0.2, 0.25) is 0 Å². The van der Waals surface area contributed by atoms with Gasteiger partial charge in [-0.25, -0.2) is 9.37 Å². The molecule has 4 rings (SSSR count). The Hall–Kier alpha value is -2.74. The molecule has 2 aromatic rings. The van der Waals surface area contributed by atoms with Gasteiger partial charge in [0.1, 0.15) is 5.82 Å². The number of hydrogen-bond donors (Lipinski definition) is 4. The van der Waals surface area contributed by atoms with E-state index < -0.39 is 11.7 Å². The number of nitrogens with one attached hydrogen (secondary N) is 2. The van der Waals surface area contributed by atoms with Crippen LogP contribution in [0.15, 0.2) is 24.4 Å². The monoisotopic (exact) mass is 384 g/mol. The van der Waals surface area contributed by atoms with Crippen LogP contribution in [-0.4, -0.2) is 28.0 Å². The third-order valence-corrected chi connectivity index (χ3v) is 5.43. The summed E-state index contributed by atoms with van der Waals surface area (Å²) in [7, 11) is 0. The van der Waals surface area contributed by atoms with E-state index in [1.54, 1.807) is 6.20 Å². The summed E-state index contributed by atoms with van der Waals surface area (Å²) in [5.41, 5.74) is 13.3. The molecule has 1 amide bonds. The largest absolute Gasteiger partial charge is 0.365 e. The predicted molar refractivity (Wildman–Crippen MR) is 106 cm³/mol. The molecule has 7 nitrogen and oxygen atoms in total. The van der Waals surface area contributed by atoms with Crippen molar-refractivity contribution in [3.63, 3.8) is 0 Å². The highest BCUT2D eigenvalue weighted by Gasteiger charge is 2.26. The van der Waals surface area contributed by atoms with E-state index in [0.717, 1.165) is 37.4 Å². The lowest BCUT2D eigenvalue weighted by atomic mass is 9.91. The highest BCUT2D eigenvalue weighted by molar-refractivity contribution is 5.98. The minimum absolute atomic E-state index is 0.0118. The van der Waals surface area contributed by atoms with Gasteiger partial charge in [-0.3, -0.25) is 9.78 Å². The second-order valence-electron chi connectivity index (χ2n) is 7.65. The van der Waals surface area contributed by atoms with Gasteiger partial charge in [-0.05, 0) is 43.9 Å². The molecule has 0 saturated heterocycles. The van der Waals surface area contributed by atoms with E-state index in [-0.39, 0.29) is 29.3 Å². The fourth-order valence-electron chi connectivity index (χ4n) is 3.62. The van der Waals surface area contributed by atoms with E-state index in [1.807, 2.05) is 12.1 Å². The fourth-order valence-corrected chi connectivity index (χ4v) is 3.62. The maximum Gasteiger partial charge on any atom is 0.252 e. The zero-order chi connectivity index (χ0) is 19.7. The molecule has 0 bridgehead atoms. The average Bonchev–Trinajstić information content (AvgIpc) is 3.51. The van der Waals surface area contributed by atoms with Crippen LogP contribution < -0.4 is 22.1 Å². The summed E-state index contributed by atoms with van der Waals surface area (Å²) in [5.74, 6) is -0.564. The average molecular weight is 384 g/mol. The second-order valence-corrected chi connectivity index (χ2v) is 7.65. The molecule has 6 N–H and O–H groups in total. The number of rotatable bonds is 6. The molecule has 2 aliphatic carbocycles. The number of nitrogens with zero attached hydrogens (tertiary/aromatic N) is 2. The molecule has 28 heavy (non-hydrogen) atoms. The van der Waals surface area contributed by atoms with Gasteiger partial charge in [0, 0.05) is 23.7 Å².